The SMILES string of the molecule is [OH2+]CCCC1CCCC1. The van der Waals surface area contributed by atoms with Crippen molar-refractivity contribution in [3.05, 3.63) is 0 Å². The maximum atomic E-state index is 6.97. The van der Waals surface area contributed by atoms with Crippen molar-refractivity contribution in [1.29, 1.82) is 0 Å². The highest BCUT2D eigenvalue weighted by Gasteiger charge is 2.13. The van der Waals surface area contributed by atoms with Gasteiger partial charge >= 0.3 is 0 Å². The van der Waals surface area contributed by atoms with Gasteiger partial charge in [0.1, 0.15) is 6.61 Å². The Morgan fingerprint density at radius 3 is 2.44 bits per heavy atom. The third-order valence-corrected chi connectivity index (χ3v) is 2.26. The van der Waals surface area contributed by atoms with Crippen LogP contribution in [0.5, 0.6) is 0 Å². The predicted molar refractivity (Wildman–Crippen MR) is 39.7 cm³/mol. The fourth-order valence-corrected chi connectivity index (χ4v) is 1.69. The summed E-state index contributed by atoms with van der Waals surface area (Å²) < 4.78 is 0. The molecule has 0 bridgehead atoms. The first kappa shape index (κ1) is 7.07. The Kier molecular flexibility index (Phi) is 3.05. The highest BCUT2D eigenvalue weighted by atomic mass is 16.2. The molecule has 1 aliphatic rings. The van der Waals surface area contributed by atoms with Crippen molar-refractivity contribution in [2.24, 2.45) is 5.92 Å². The topological polar surface area (TPSA) is 22.9 Å². The summed E-state index contributed by atoms with van der Waals surface area (Å²) in [5.41, 5.74) is 0. The van der Waals surface area contributed by atoms with E-state index in [1.807, 2.05) is 0 Å². The molecule has 2 N–H and O–H groups in total. The Balaban J connectivity index is 1.98. The second-order valence-electron chi connectivity index (χ2n) is 3.04. The summed E-state index contributed by atoms with van der Waals surface area (Å²) in [6, 6.07) is 0. The molecule has 1 heteroatoms. The monoisotopic (exact) mass is 129 g/mol. The highest BCUT2D eigenvalue weighted by molar-refractivity contribution is 4.66. The van der Waals surface area contributed by atoms with Crippen molar-refractivity contribution in [2.45, 2.75) is 38.5 Å². The summed E-state index contributed by atoms with van der Waals surface area (Å²) in [6.45, 7) is 0.635. The van der Waals surface area contributed by atoms with Gasteiger partial charge in [-0.2, -0.15) is 0 Å². The Morgan fingerprint density at radius 1 is 1.22 bits per heavy atom. The van der Waals surface area contributed by atoms with Crippen LogP contribution in [0.1, 0.15) is 38.5 Å². The lowest BCUT2D eigenvalue weighted by atomic mass is 10.0. The molecule has 0 radical (unpaired) electrons. The lowest BCUT2D eigenvalue weighted by molar-refractivity contribution is 0.271. The van der Waals surface area contributed by atoms with Crippen LogP contribution < -0.4 is 0 Å². The fourth-order valence-electron chi connectivity index (χ4n) is 1.69. The number of rotatable bonds is 3. The van der Waals surface area contributed by atoms with E-state index in [0.717, 1.165) is 12.3 Å². The molecule has 0 aromatic carbocycles. The van der Waals surface area contributed by atoms with E-state index in [4.69, 9.17) is 5.11 Å². The van der Waals surface area contributed by atoms with Crippen molar-refractivity contribution >= 4 is 0 Å². The van der Waals surface area contributed by atoms with Crippen LogP contribution in [0.3, 0.4) is 0 Å². The van der Waals surface area contributed by atoms with Gasteiger partial charge in [-0.3, -0.25) is 0 Å². The summed E-state index contributed by atoms with van der Waals surface area (Å²) in [5, 5.41) is 6.97. The summed E-state index contributed by atoms with van der Waals surface area (Å²) >= 11 is 0. The second kappa shape index (κ2) is 3.89. The summed E-state index contributed by atoms with van der Waals surface area (Å²) in [6.07, 6.45) is 8.24. The lowest BCUT2D eigenvalue weighted by Crippen LogP contribution is -1.94. The maximum Gasteiger partial charge on any atom is 0.143 e. The van der Waals surface area contributed by atoms with Gasteiger partial charge in [0.2, 0.25) is 0 Å². The minimum Gasteiger partial charge on any atom is -0.445 e. The van der Waals surface area contributed by atoms with Gasteiger partial charge in [-0.1, -0.05) is 25.7 Å². The van der Waals surface area contributed by atoms with E-state index in [-0.39, 0.29) is 0 Å². The van der Waals surface area contributed by atoms with Crippen LogP contribution >= 0.6 is 0 Å². The molecule has 54 valence electrons. The molecule has 0 atom stereocenters. The van der Waals surface area contributed by atoms with Crippen LogP contribution in [0.2, 0.25) is 0 Å². The number of hydrogen-bond donors (Lipinski definition) is 0. The smallest absolute Gasteiger partial charge is 0.143 e. The Labute approximate surface area is 57.1 Å². The molecule has 1 fully saturated rings. The van der Waals surface area contributed by atoms with E-state index in [1.165, 1.54) is 32.1 Å². The van der Waals surface area contributed by atoms with Gasteiger partial charge in [-0.05, 0) is 12.3 Å². The highest BCUT2D eigenvalue weighted by Crippen LogP contribution is 2.28. The molecule has 0 amide bonds. The van der Waals surface area contributed by atoms with Crippen LogP contribution in [0.4, 0.5) is 0 Å². The molecule has 0 saturated heterocycles. The molecule has 0 spiro atoms. The maximum absolute atomic E-state index is 6.97. The van der Waals surface area contributed by atoms with Gasteiger partial charge in [0.15, 0.2) is 0 Å². The second-order valence-corrected chi connectivity index (χ2v) is 3.04. The van der Waals surface area contributed by atoms with Gasteiger partial charge in [-0.15, -0.1) is 0 Å². The molecule has 0 unspecified atom stereocenters. The van der Waals surface area contributed by atoms with Crippen molar-refractivity contribution in [3.8, 4) is 0 Å². The van der Waals surface area contributed by atoms with Gasteiger partial charge in [-0.25, -0.2) is 0 Å². The largest absolute Gasteiger partial charge is 0.445 e. The van der Waals surface area contributed by atoms with Gasteiger partial charge in [0, 0.05) is 6.42 Å². The van der Waals surface area contributed by atoms with E-state index in [0.29, 0.717) is 6.61 Å². The summed E-state index contributed by atoms with van der Waals surface area (Å²) in [4.78, 5) is 0. The fraction of sp³-hybridized carbons (Fsp3) is 1.00. The molecule has 1 aliphatic carbocycles. The first-order valence-electron chi connectivity index (χ1n) is 4.08. The Morgan fingerprint density at radius 2 is 1.89 bits per heavy atom. The third kappa shape index (κ3) is 2.35. The molecule has 0 aliphatic heterocycles. The van der Waals surface area contributed by atoms with Crippen LogP contribution in [0.25, 0.3) is 0 Å². The van der Waals surface area contributed by atoms with Gasteiger partial charge in [0.05, 0.1) is 0 Å². The van der Waals surface area contributed by atoms with E-state index in [2.05, 4.69) is 0 Å². The third-order valence-electron chi connectivity index (χ3n) is 2.26. The molecule has 0 aromatic rings. The molecule has 1 saturated carbocycles. The molecule has 0 heterocycles. The van der Waals surface area contributed by atoms with E-state index in [1.54, 1.807) is 0 Å². The quantitative estimate of drug-likeness (QED) is 0.517. The molecular formula is C8H17O+. The van der Waals surface area contributed by atoms with E-state index < -0.39 is 0 Å². The molecule has 1 nitrogen and oxygen atoms in total. The summed E-state index contributed by atoms with van der Waals surface area (Å²) in [7, 11) is 0. The van der Waals surface area contributed by atoms with Crippen molar-refractivity contribution in [2.75, 3.05) is 6.61 Å². The zero-order chi connectivity index (χ0) is 6.53. The average molecular weight is 129 g/mol. The van der Waals surface area contributed by atoms with Crippen LogP contribution in [-0.2, 0) is 0 Å². The molecule has 9 heavy (non-hydrogen) atoms. The predicted octanol–water partition coefficient (Wildman–Crippen LogP) is 1.68. The van der Waals surface area contributed by atoms with E-state index in [9.17, 15) is 0 Å². The number of hydrogen-bond acceptors (Lipinski definition) is 0. The zero-order valence-electron chi connectivity index (χ0n) is 6.03. The minimum absolute atomic E-state index is 0.635. The van der Waals surface area contributed by atoms with Crippen LogP contribution in [-0.4, -0.2) is 11.7 Å². The minimum atomic E-state index is 0.635. The first-order valence-corrected chi connectivity index (χ1v) is 4.08. The first-order chi connectivity index (χ1) is 4.43. The average Bonchev–Trinajstić information content (AvgIpc) is 2.34. The van der Waals surface area contributed by atoms with E-state index >= 15 is 0 Å². The molecule has 0 aromatic heterocycles. The Bertz CT molecular complexity index is 65.0. The van der Waals surface area contributed by atoms with Crippen molar-refractivity contribution in [3.63, 3.8) is 0 Å². The molecular weight excluding hydrogens is 112 g/mol. The molecule has 1 rings (SSSR count). The van der Waals surface area contributed by atoms with Gasteiger partial charge in [0.25, 0.3) is 0 Å². The normalized spacial score (nSPS) is 21.0. The van der Waals surface area contributed by atoms with Crippen molar-refractivity contribution in [1.82, 2.24) is 0 Å². The lowest BCUT2D eigenvalue weighted by Gasteiger charge is -2.03. The summed E-state index contributed by atoms with van der Waals surface area (Å²) in [5.74, 6) is 0.996. The van der Waals surface area contributed by atoms with Crippen LogP contribution in [0, 0.1) is 5.92 Å². The Hall–Kier alpha value is -0.0400. The standard InChI is InChI=1S/C8H16O/c9-7-3-6-8-4-1-2-5-8/h8-9H,1-7H2/p+1. The zero-order valence-corrected chi connectivity index (χ0v) is 6.03. The van der Waals surface area contributed by atoms with Crippen molar-refractivity contribution < 1.29 is 5.11 Å². The van der Waals surface area contributed by atoms with Crippen LogP contribution in [0.15, 0.2) is 0 Å². The van der Waals surface area contributed by atoms with Gasteiger partial charge < -0.3 is 5.11 Å².